The van der Waals surface area contributed by atoms with Crippen LogP contribution in [0.2, 0.25) is 0 Å². The highest BCUT2D eigenvalue weighted by Crippen LogP contribution is 2.33. The summed E-state index contributed by atoms with van der Waals surface area (Å²) in [6.45, 7) is 10.8. The summed E-state index contributed by atoms with van der Waals surface area (Å²) in [5.74, 6) is 1.91. The van der Waals surface area contributed by atoms with Gasteiger partial charge in [-0.05, 0) is 76.3 Å². The van der Waals surface area contributed by atoms with E-state index in [0.29, 0.717) is 13.2 Å². The van der Waals surface area contributed by atoms with Gasteiger partial charge in [0.1, 0.15) is 11.5 Å². The van der Waals surface area contributed by atoms with E-state index in [1.807, 2.05) is 13.8 Å². The van der Waals surface area contributed by atoms with Gasteiger partial charge < -0.3 is 14.8 Å². The standard InChI is InChI=1S/C24H35NO2/c1-5-22-23(26-6-2)17-21(18-24(22)27-7-3)19(4)25-16-12-11-15-20-13-9-8-10-14-20/h8-10,13-14,17-19,25H,5-7,11-12,15-16H2,1-4H3/t19-/m1/s1. The summed E-state index contributed by atoms with van der Waals surface area (Å²) in [6.07, 6.45) is 4.42. The minimum Gasteiger partial charge on any atom is -0.493 e. The van der Waals surface area contributed by atoms with E-state index in [4.69, 9.17) is 9.47 Å². The Bertz CT molecular complexity index is 642. The molecule has 0 bridgehead atoms. The Morgan fingerprint density at radius 3 is 2.07 bits per heavy atom. The van der Waals surface area contributed by atoms with Crippen molar-refractivity contribution in [3.8, 4) is 11.5 Å². The van der Waals surface area contributed by atoms with Crippen molar-refractivity contribution < 1.29 is 9.47 Å². The maximum Gasteiger partial charge on any atom is 0.126 e. The molecular weight excluding hydrogens is 334 g/mol. The van der Waals surface area contributed by atoms with E-state index in [9.17, 15) is 0 Å². The number of rotatable bonds is 12. The molecule has 1 atom stereocenters. The van der Waals surface area contributed by atoms with E-state index in [1.165, 1.54) is 24.0 Å². The van der Waals surface area contributed by atoms with Crippen molar-refractivity contribution >= 4 is 0 Å². The van der Waals surface area contributed by atoms with Gasteiger partial charge >= 0.3 is 0 Å². The van der Waals surface area contributed by atoms with Crippen LogP contribution in [0.4, 0.5) is 0 Å². The molecule has 0 radical (unpaired) electrons. The van der Waals surface area contributed by atoms with Crippen LogP contribution >= 0.6 is 0 Å². The fraction of sp³-hybridized carbons (Fsp3) is 0.500. The van der Waals surface area contributed by atoms with Gasteiger partial charge in [-0.3, -0.25) is 0 Å². The molecule has 3 heteroatoms. The number of hydrogen-bond acceptors (Lipinski definition) is 3. The summed E-state index contributed by atoms with van der Waals surface area (Å²) in [4.78, 5) is 0. The molecule has 148 valence electrons. The lowest BCUT2D eigenvalue weighted by Crippen LogP contribution is -2.20. The quantitative estimate of drug-likeness (QED) is 0.485. The molecule has 0 aliphatic heterocycles. The third-order valence-corrected chi connectivity index (χ3v) is 4.83. The fourth-order valence-corrected chi connectivity index (χ4v) is 3.34. The third-order valence-electron chi connectivity index (χ3n) is 4.83. The molecule has 0 heterocycles. The van der Waals surface area contributed by atoms with Crippen molar-refractivity contribution in [3.05, 3.63) is 59.2 Å². The smallest absolute Gasteiger partial charge is 0.126 e. The summed E-state index contributed by atoms with van der Waals surface area (Å²) in [7, 11) is 0. The third kappa shape index (κ3) is 6.59. The van der Waals surface area contributed by atoms with E-state index in [1.54, 1.807) is 0 Å². The van der Waals surface area contributed by atoms with Crippen LogP contribution in [-0.2, 0) is 12.8 Å². The Morgan fingerprint density at radius 1 is 0.889 bits per heavy atom. The summed E-state index contributed by atoms with van der Waals surface area (Å²) in [5.41, 5.74) is 3.81. The Balaban J connectivity index is 1.93. The van der Waals surface area contributed by atoms with E-state index in [2.05, 4.69) is 61.6 Å². The second kappa shape index (κ2) is 11.7. The SMILES string of the molecule is CCOc1cc([C@@H](C)NCCCCc2ccccc2)cc(OCC)c1CC. The van der Waals surface area contributed by atoms with Crippen molar-refractivity contribution in [2.24, 2.45) is 0 Å². The highest BCUT2D eigenvalue weighted by atomic mass is 16.5. The monoisotopic (exact) mass is 369 g/mol. The largest absolute Gasteiger partial charge is 0.493 e. The highest BCUT2D eigenvalue weighted by molar-refractivity contribution is 5.49. The molecule has 2 rings (SSSR count). The van der Waals surface area contributed by atoms with Gasteiger partial charge in [-0.15, -0.1) is 0 Å². The highest BCUT2D eigenvalue weighted by Gasteiger charge is 2.15. The number of hydrogen-bond donors (Lipinski definition) is 1. The average Bonchev–Trinajstić information content (AvgIpc) is 2.68. The van der Waals surface area contributed by atoms with Crippen LogP contribution in [0.1, 0.15) is 63.3 Å². The molecule has 0 aromatic heterocycles. The van der Waals surface area contributed by atoms with Crippen LogP contribution in [0.5, 0.6) is 11.5 Å². The van der Waals surface area contributed by atoms with Crippen LogP contribution in [0.25, 0.3) is 0 Å². The summed E-state index contributed by atoms with van der Waals surface area (Å²) in [6, 6.07) is 15.3. The lowest BCUT2D eigenvalue weighted by molar-refractivity contribution is 0.315. The topological polar surface area (TPSA) is 30.5 Å². The molecule has 2 aromatic carbocycles. The zero-order chi connectivity index (χ0) is 19.5. The molecule has 3 nitrogen and oxygen atoms in total. The first-order valence-corrected chi connectivity index (χ1v) is 10.4. The average molecular weight is 370 g/mol. The molecular formula is C24H35NO2. The predicted molar refractivity (Wildman–Crippen MR) is 114 cm³/mol. The first kappa shape index (κ1) is 21.3. The van der Waals surface area contributed by atoms with Crippen molar-refractivity contribution in [2.75, 3.05) is 19.8 Å². The van der Waals surface area contributed by atoms with Crippen LogP contribution < -0.4 is 14.8 Å². The second-order valence-corrected chi connectivity index (χ2v) is 6.83. The summed E-state index contributed by atoms with van der Waals surface area (Å²) < 4.78 is 11.8. The van der Waals surface area contributed by atoms with Gasteiger partial charge in [-0.2, -0.15) is 0 Å². The summed E-state index contributed by atoms with van der Waals surface area (Å²) >= 11 is 0. The zero-order valence-corrected chi connectivity index (χ0v) is 17.4. The van der Waals surface area contributed by atoms with E-state index in [-0.39, 0.29) is 6.04 Å². The number of benzene rings is 2. The van der Waals surface area contributed by atoms with Gasteiger partial charge in [0.15, 0.2) is 0 Å². The molecule has 2 aromatic rings. The number of aryl methyl sites for hydroxylation is 1. The molecule has 0 fully saturated rings. The second-order valence-electron chi connectivity index (χ2n) is 6.83. The number of unbranched alkanes of at least 4 members (excludes halogenated alkanes) is 1. The molecule has 0 aliphatic rings. The molecule has 0 unspecified atom stereocenters. The molecule has 0 aliphatic carbocycles. The Labute approximate surface area is 165 Å². The minimum atomic E-state index is 0.269. The molecule has 0 saturated heterocycles. The molecule has 0 spiro atoms. The van der Waals surface area contributed by atoms with Gasteiger partial charge in [0.2, 0.25) is 0 Å². The lowest BCUT2D eigenvalue weighted by atomic mass is 10.0. The van der Waals surface area contributed by atoms with Crippen LogP contribution in [0.3, 0.4) is 0 Å². The maximum atomic E-state index is 5.89. The van der Waals surface area contributed by atoms with Crippen molar-refractivity contribution in [2.45, 2.75) is 59.4 Å². The van der Waals surface area contributed by atoms with Crippen LogP contribution in [-0.4, -0.2) is 19.8 Å². The van der Waals surface area contributed by atoms with E-state index >= 15 is 0 Å². The van der Waals surface area contributed by atoms with Gasteiger partial charge in [-0.1, -0.05) is 37.3 Å². The molecule has 27 heavy (non-hydrogen) atoms. The maximum absolute atomic E-state index is 5.89. The van der Waals surface area contributed by atoms with Crippen molar-refractivity contribution in [1.29, 1.82) is 0 Å². The lowest BCUT2D eigenvalue weighted by Gasteiger charge is -2.20. The zero-order valence-electron chi connectivity index (χ0n) is 17.4. The van der Waals surface area contributed by atoms with Crippen LogP contribution in [0, 0.1) is 0 Å². The van der Waals surface area contributed by atoms with Crippen LogP contribution in [0.15, 0.2) is 42.5 Å². The van der Waals surface area contributed by atoms with Gasteiger partial charge in [0.25, 0.3) is 0 Å². The normalized spacial score (nSPS) is 12.0. The predicted octanol–water partition coefficient (Wildman–Crippen LogP) is 5.72. The number of nitrogens with one attached hydrogen (secondary N) is 1. The van der Waals surface area contributed by atoms with Gasteiger partial charge in [0.05, 0.1) is 13.2 Å². The van der Waals surface area contributed by atoms with Crippen molar-refractivity contribution in [3.63, 3.8) is 0 Å². The molecule has 0 saturated carbocycles. The van der Waals surface area contributed by atoms with Gasteiger partial charge in [0, 0.05) is 11.6 Å². The Hall–Kier alpha value is -2.00. The first-order valence-electron chi connectivity index (χ1n) is 10.4. The Morgan fingerprint density at radius 2 is 1.52 bits per heavy atom. The van der Waals surface area contributed by atoms with E-state index in [0.717, 1.165) is 36.4 Å². The fourth-order valence-electron chi connectivity index (χ4n) is 3.34. The van der Waals surface area contributed by atoms with Gasteiger partial charge in [-0.25, -0.2) is 0 Å². The number of ether oxygens (including phenoxy) is 2. The molecule has 0 amide bonds. The minimum absolute atomic E-state index is 0.269. The molecule has 1 N–H and O–H groups in total. The van der Waals surface area contributed by atoms with Crippen molar-refractivity contribution in [1.82, 2.24) is 5.32 Å². The first-order chi connectivity index (χ1) is 13.2. The van der Waals surface area contributed by atoms with E-state index < -0.39 is 0 Å². The summed E-state index contributed by atoms with van der Waals surface area (Å²) in [5, 5.41) is 3.65. The Kier molecular flexibility index (Phi) is 9.20.